The first-order valence-corrected chi connectivity index (χ1v) is 5.38. The lowest BCUT2D eigenvalue weighted by molar-refractivity contribution is 0.0698. The maximum Gasteiger partial charge on any atom is 0.339 e. The number of carboxylic acid groups (broad SMARTS) is 1. The van der Waals surface area contributed by atoms with Gasteiger partial charge in [-0.2, -0.15) is 4.98 Å². The molecule has 1 amide bonds. The summed E-state index contributed by atoms with van der Waals surface area (Å²) in [7, 11) is 0. The fourth-order valence-corrected chi connectivity index (χ4v) is 1.66. The van der Waals surface area contributed by atoms with Crippen LogP contribution in [0.25, 0.3) is 0 Å². The lowest BCUT2D eigenvalue weighted by Crippen LogP contribution is -2.16. The summed E-state index contributed by atoms with van der Waals surface area (Å²) >= 11 is 5.77. The molecule has 0 saturated carbocycles. The second-order valence-corrected chi connectivity index (χ2v) is 3.87. The van der Waals surface area contributed by atoms with Crippen LogP contribution >= 0.6 is 11.6 Å². The van der Waals surface area contributed by atoms with Crippen molar-refractivity contribution in [2.75, 3.05) is 11.1 Å². The number of nitrogens with two attached hydrogens (primary N) is 1. The van der Waals surface area contributed by atoms with E-state index in [1.165, 1.54) is 18.2 Å². The molecular formula is C10H8ClN5O3. The molecule has 98 valence electrons. The molecule has 1 aromatic heterocycles. The average molecular weight is 282 g/mol. The summed E-state index contributed by atoms with van der Waals surface area (Å²) in [4.78, 5) is 26.5. The number of amides is 1. The highest BCUT2D eigenvalue weighted by molar-refractivity contribution is 6.34. The van der Waals surface area contributed by atoms with E-state index in [2.05, 4.69) is 20.5 Å². The lowest BCUT2D eigenvalue weighted by Gasteiger charge is -2.08. The molecule has 0 aliphatic carbocycles. The Hall–Kier alpha value is -2.61. The molecule has 0 spiro atoms. The highest BCUT2D eigenvalue weighted by Gasteiger charge is 2.18. The van der Waals surface area contributed by atoms with Gasteiger partial charge < -0.3 is 16.2 Å². The minimum atomic E-state index is -1.25. The van der Waals surface area contributed by atoms with E-state index >= 15 is 0 Å². The van der Waals surface area contributed by atoms with Crippen molar-refractivity contribution in [3.63, 3.8) is 0 Å². The summed E-state index contributed by atoms with van der Waals surface area (Å²) < 4.78 is 0. The number of carboxylic acids is 1. The first kappa shape index (κ1) is 12.8. The Bertz CT molecular complexity index is 654. The zero-order valence-electron chi connectivity index (χ0n) is 9.35. The molecule has 5 N–H and O–H groups in total. The normalized spacial score (nSPS) is 10.2. The summed E-state index contributed by atoms with van der Waals surface area (Å²) in [6.07, 6.45) is 0. The molecular weight excluding hydrogens is 274 g/mol. The minimum Gasteiger partial charge on any atom is -0.478 e. The van der Waals surface area contributed by atoms with Gasteiger partial charge in [-0.25, -0.2) is 4.79 Å². The highest BCUT2D eigenvalue weighted by Crippen LogP contribution is 2.24. The van der Waals surface area contributed by atoms with Gasteiger partial charge in [-0.3, -0.25) is 9.89 Å². The van der Waals surface area contributed by atoms with E-state index in [9.17, 15) is 9.59 Å². The SMILES string of the molecule is Nc1n[nH]c(C(=O)Nc2cccc(Cl)c2C(=O)O)n1. The molecule has 1 aromatic carbocycles. The van der Waals surface area contributed by atoms with Gasteiger partial charge in [0.25, 0.3) is 5.91 Å². The molecule has 0 unspecified atom stereocenters. The Morgan fingerprint density at radius 2 is 2.16 bits per heavy atom. The van der Waals surface area contributed by atoms with E-state index in [1.54, 1.807) is 0 Å². The second-order valence-electron chi connectivity index (χ2n) is 3.46. The molecule has 0 fully saturated rings. The van der Waals surface area contributed by atoms with Gasteiger partial charge in [-0.1, -0.05) is 17.7 Å². The minimum absolute atomic E-state index is 0.0161. The molecule has 2 aromatic rings. The van der Waals surface area contributed by atoms with E-state index in [-0.39, 0.29) is 28.0 Å². The van der Waals surface area contributed by atoms with Crippen LogP contribution in [0.1, 0.15) is 21.0 Å². The number of carbonyl (C=O) groups is 2. The molecule has 0 radical (unpaired) electrons. The van der Waals surface area contributed by atoms with Crippen LogP contribution in [-0.4, -0.2) is 32.2 Å². The van der Waals surface area contributed by atoms with E-state index in [1.807, 2.05) is 0 Å². The van der Waals surface area contributed by atoms with Crippen molar-refractivity contribution < 1.29 is 14.7 Å². The van der Waals surface area contributed by atoms with Crippen molar-refractivity contribution in [1.82, 2.24) is 15.2 Å². The van der Waals surface area contributed by atoms with Gasteiger partial charge in [0.15, 0.2) is 0 Å². The number of rotatable bonds is 3. The van der Waals surface area contributed by atoms with Crippen molar-refractivity contribution in [2.45, 2.75) is 0 Å². The third-order valence-corrected chi connectivity index (χ3v) is 2.51. The van der Waals surface area contributed by atoms with Gasteiger partial charge in [-0.15, -0.1) is 5.10 Å². The summed E-state index contributed by atoms with van der Waals surface area (Å²) in [6, 6.07) is 4.33. The molecule has 19 heavy (non-hydrogen) atoms. The van der Waals surface area contributed by atoms with Crippen LogP contribution in [0, 0.1) is 0 Å². The van der Waals surface area contributed by atoms with Crippen LogP contribution in [0.4, 0.5) is 11.6 Å². The summed E-state index contributed by atoms with van der Waals surface area (Å²) in [6.45, 7) is 0. The molecule has 0 atom stereocenters. The second kappa shape index (κ2) is 4.94. The van der Waals surface area contributed by atoms with E-state index in [0.717, 1.165) is 0 Å². The Morgan fingerprint density at radius 1 is 1.42 bits per heavy atom. The smallest absolute Gasteiger partial charge is 0.339 e. The van der Waals surface area contributed by atoms with Crippen LogP contribution in [-0.2, 0) is 0 Å². The number of halogens is 1. The van der Waals surface area contributed by atoms with Crippen molar-refractivity contribution in [3.05, 3.63) is 34.6 Å². The van der Waals surface area contributed by atoms with Gasteiger partial charge in [0.05, 0.1) is 10.7 Å². The molecule has 0 aliphatic rings. The predicted octanol–water partition coefficient (Wildman–Crippen LogP) is 0.991. The zero-order valence-corrected chi connectivity index (χ0v) is 10.1. The first-order chi connectivity index (χ1) is 8.99. The van der Waals surface area contributed by atoms with Gasteiger partial charge in [0.1, 0.15) is 5.56 Å². The quantitative estimate of drug-likeness (QED) is 0.663. The Kier molecular flexibility index (Phi) is 3.34. The number of hydrogen-bond acceptors (Lipinski definition) is 5. The Balaban J connectivity index is 2.31. The molecule has 1 heterocycles. The Labute approximate surface area is 111 Å². The summed E-state index contributed by atoms with van der Waals surface area (Å²) in [5.74, 6) is -2.14. The van der Waals surface area contributed by atoms with E-state index in [0.29, 0.717) is 0 Å². The monoisotopic (exact) mass is 281 g/mol. The topological polar surface area (TPSA) is 134 Å². The van der Waals surface area contributed by atoms with E-state index < -0.39 is 11.9 Å². The molecule has 2 rings (SSSR count). The van der Waals surface area contributed by atoms with Crippen LogP contribution in [0.15, 0.2) is 18.2 Å². The Morgan fingerprint density at radius 3 is 2.74 bits per heavy atom. The first-order valence-electron chi connectivity index (χ1n) is 5.00. The molecule has 9 heteroatoms. The zero-order chi connectivity index (χ0) is 14.0. The van der Waals surface area contributed by atoms with Crippen LogP contribution < -0.4 is 11.1 Å². The third-order valence-electron chi connectivity index (χ3n) is 2.19. The molecule has 0 bridgehead atoms. The van der Waals surface area contributed by atoms with Crippen molar-refractivity contribution in [1.29, 1.82) is 0 Å². The number of aromatic carboxylic acids is 1. The van der Waals surface area contributed by atoms with Crippen molar-refractivity contribution in [2.24, 2.45) is 0 Å². The standard InChI is InChI=1S/C10H8ClN5O3/c11-4-2-1-3-5(6(4)9(18)19)13-8(17)7-14-10(12)16-15-7/h1-3H,(H,13,17)(H,18,19)(H3,12,14,15,16). The number of nitrogen functional groups attached to an aromatic ring is 1. The van der Waals surface area contributed by atoms with Crippen molar-refractivity contribution in [3.8, 4) is 0 Å². The molecule has 0 aliphatic heterocycles. The van der Waals surface area contributed by atoms with Crippen LogP contribution in [0.3, 0.4) is 0 Å². The highest BCUT2D eigenvalue weighted by atomic mass is 35.5. The maximum absolute atomic E-state index is 11.8. The third kappa shape index (κ3) is 2.63. The number of anilines is 2. The lowest BCUT2D eigenvalue weighted by atomic mass is 10.1. The van der Waals surface area contributed by atoms with Gasteiger partial charge in [-0.05, 0) is 12.1 Å². The maximum atomic E-state index is 11.8. The fraction of sp³-hybridized carbons (Fsp3) is 0. The fourth-order valence-electron chi connectivity index (χ4n) is 1.40. The predicted molar refractivity (Wildman–Crippen MR) is 67.2 cm³/mol. The molecule has 0 saturated heterocycles. The van der Waals surface area contributed by atoms with Crippen LogP contribution in [0.2, 0.25) is 5.02 Å². The number of nitrogens with one attached hydrogen (secondary N) is 2. The summed E-state index contributed by atoms with van der Waals surface area (Å²) in [5.41, 5.74) is 5.12. The number of nitrogens with zero attached hydrogens (tertiary/aromatic N) is 2. The number of aromatic amines is 1. The van der Waals surface area contributed by atoms with Gasteiger partial charge in [0.2, 0.25) is 11.8 Å². The van der Waals surface area contributed by atoms with E-state index in [4.69, 9.17) is 22.4 Å². The van der Waals surface area contributed by atoms with Crippen molar-refractivity contribution >= 4 is 35.1 Å². The number of benzene rings is 1. The van der Waals surface area contributed by atoms with Gasteiger partial charge in [0, 0.05) is 0 Å². The number of aromatic nitrogens is 3. The number of hydrogen-bond donors (Lipinski definition) is 4. The molecule has 8 nitrogen and oxygen atoms in total. The van der Waals surface area contributed by atoms with Crippen LogP contribution in [0.5, 0.6) is 0 Å². The average Bonchev–Trinajstić information content (AvgIpc) is 2.75. The number of carbonyl (C=O) groups excluding carboxylic acids is 1. The summed E-state index contributed by atoms with van der Waals surface area (Å²) in [5, 5.41) is 17.2. The number of H-pyrrole nitrogens is 1. The van der Waals surface area contributed by atoms with Gasteiger partial charge >= 0.3 is 5.97 Å². The largest absolute Gasteiger partial charge is 0.478 e.